The molecule has 0 aliphatic rings. The van der Waals surface area contributed by atoms with Crippen molar-refractivity contribution in [3.05, 3.63) is 34.9 Å². The van der Waals surface area contributed by atoms with Gasteiger partial charge in [0.15, 0.2) is 0 Å². The zero-order valence-corrected chi connectivity index (χ0v) is 14.2. The van der Waals surface area contributed by atoms with Gasteiger partial charge in [-0.25, -0.2) is 8.42 Å². The molecule has 0 saturated heterocycles. The van der Waals surface area contributed by atoms with Crippen LogP contribution < -0.4 is 5.32 Å². The summed E-state index contributed by atoms with van der Waals surface area (Å²) in [5.74, 6) is 0.476. The zero-order chi connectivity index (χ0) is 15.7. The molecule has 6 heteroatoms. The van der Waals surface area contributed by atoms with Crippen LogP contribution in [0.25, 0.3) is 0 Å². The average Bonchev–Trinajstić information content (AvgIpc) is 2.40. The highest BCUT2D eigenvalue weighted by Crippen LogP contribution is 2.23. The molecule has 4 nitrogen and oxygen atoms in total. The molecule has 21 heavy (non-hydrogen) atoms. The Bertz CT molecular complexity index is 519. The molecule has 0 heterocycles. The van der Waals surface area contributed by atoms with Gasteiger partial charge in [0.2, 0.25) is 0 Å². The van der Waals surface area contributed by atoms with Crippen molar-refractivity contribution in [2.45, 2.75) is 18.8 Å². The Morgan fingerprint density at radius 2 is 2.14 bits per heavy atom. The quantitative estimate of drug-likeness (QED) is 0.668. The van der Waals surface area contributed by atoms with Gasteiger partial charge in [-0.2, -0.15) is 0 Å². The molecule has 0 amide bonds. The maximum absolute atomic E-state index is 11.2. The molecule has 0 radical (unpaired) electrons. The van der Waals surface area contributed by atoms with Crippen molar-refractivity contribution in [2.24, 2.45) is 0 Å². The molecule has 0 bridgehead atoms. The van der Waals surface area contributed by atoms with Crippen LogP contribution in [0.2, 0.25) is 5.02 Å². The van der Waals surface area contributed by atoms with Crippen LogP contribution in [0.5, 0.6) is 0 Å². The number of hydrogen-bond acceptors (Lipinski definition) is 4. The molecule has 1 unspecified atom stereocenters. The Kier molecular flexibility index (Phi) is 8.26. The fourth-order valence-corrected chi connectivity index (χ4v) is 3.08. The number of methoxy groups -OCH3 is 1. The maximum atomic E-state index is 11.2. The van der Waals surface area contributed by atoms with Crippen LogP contribution in [0.1, 0.15) is 24.3 Å². The molecule has 120 valence electrons. The van der Waals surface area contributed by atoms with E-state index in [1.165, 1.54) is 6.26 Å². The maximum Gasteiger partial charge on any atom is 0.147 e. The highest BCUT2D eigenvalue weighted by Gasteiger charge is 2.13. The first-order valence-electron chi connectivity index (χ1n) is 7.05. The van der Waals surface area contributed by atoms with E-state index in [4.69, 9.17) is 16.3 Å². The second-order valence-electron chi connectivity index (χ2n) is 5.22. The lowest BCUT2D eigenvalue weighted by Crippen LogP contribution is -2.25. The minimum absolute atomic E-state index is 0.224. The van der Waals surface area contributed by atoms with E-state index in [0.717, 1.165) is 25.1 Å². The zero-order valence-electron chi connectivity index (χ0n) is 12.6. The first-order chi connectivity index (χ1) is 9.92. The van der Waals surface area contributed by atoms with Crippen LogP contribution in [0.4, 0.5) is 0 Å². The van der Waals surface area contributed by atoms with Crippen LogP contribution in [0, 0.1) is 0 Å². The molecule has 0 aliphatic carbocycles. The fourth-order valence-electron chi connectivity index (χ4n) is 2.19. The first kappa shape index (κ1) is 18.4. The van der Waals surface area contributed by atoms with Crippen molar-refractivity contribution in [1.29, 1.82) is 0 Å². The summed E-state index contributed by atoms with van der Waals surface area (Å²) in [4.78, 5) is 0. The monoisotopic (exact) mass is 333 g/mol. The van der Waals surface area contributed by atoms with E-state index in [0.29, 0.717) is 18.1 Å². The van der Waals surface area contributed by atoms with E-state index in [1.54, 1.807) is 7.11 Å². The molecular formula is C15H24ClNO3S. The second kappa shape index (κ2) is 9.41. The van der Waals surface area contributed by atoms with Crippen molar-refractivity contribution < 1.29 is 13.2 Å². The SMILES string of the molecule is COCCNCC(CCCS(C)(=O)=O)c1cccc(Cl)c1. The Labute approximate surface area is 132 Å². The summed E-state index contributed by atoms with van der Waals surface area (Å²) in [5.41, 5.74) is 1.14. The predicted molar refractivity (Wildman–Crippen MR) is 87.9 cm³/mol. The summed E-state index contributed by atoms with van der Waals surface area (Å²) in [5, 5.41) is 4.04. The molecule has 0 aromatic heterocycles. The van der Waals surface area contributed by atoms with Gasteiger partial charge in [-0.05, 0) is 36.5 Å². The summed E-state index contributed by atoms with van der Waals surface area (Å²) in [6, 6.07) is 7.76. The molecular weight excluding hydrogens is 310 g/mol. The van der Waals surface area contributed by atoms with Crippen LogP contribution in [0.3, 0.4) is 0 Å². The molecule has 1 rings (SSSR count). The van der Waals surface area contributed by atoms with Crippen LogP contribution in [0.15, 0.2) is 24.3 Å². The Morgan fingerprint density at radius 1 is 1.38 bits per heavy atom. The lowest BCUT2D eigenvalue weighted by molar-refractivity contribution is 0.198. The highest BCUT2D eigenvalue weighted by atomic mass is 35.5. The van der Waals surface area contributed by atoms with Crippen LogP contribution >= 0.6 is 11.6 Å². The summed E-state index contributed by atoms with van der Waals surface area (Å²) >= 11 is 6.04. The van der Waals surface area contributed by atoms with Crippen LogP contribution in [-0.4, -0.2) is 47.2 Å². The van der Waals surface area contributed by atoms with Gasteiger partial charge < -0.3 is 10.1 Å². The van der Waals surface area contributed by atoms with Crippen molar-refractivity contribution >= 4 is 21.4 Å². The number of rotatable bonds is 10. The van der Waals surface area contributed by atoms with E-state index < -0.39 is 9.84 Å². The van der Waals surface area contributed by atoms with Gasteiger partial charge in [0.05, 0.1) is 6.61 Å². The smallest absolute Gasteiger partial charge is 0.147 e. The topological polar surface area (TPSA) is 55.4 Å². The number of hydrogen-bond donors (Lipinski definition) is 1. The van der Waals surface area contributed by atoms with Gasteiger partial charge in [-0.1, -0.05) is 23.7 Å². The minimum atomic E-state index is -2.91. The summed E-state index contributed by atoms with van der Waals surface area (Å²) in [6.07, 6.45) is 2.74. The highest BCUT2D eigenvalue weighted by molar-refractivity contribution is 7.90. The average molecular weight is 334 g/mol. The standard InChI is InChI=1S/C15H24ClNO3S/c1-20-9-8-17-12-14(6-4-10-21(2,18)19)13-5-3-7-15(16)11-13/h3,5,7,11,14,17H,4,6,8-10,12H2,1-2H3. The normalized spacial score (nSPS) is 13.3. The molecule has 1 aromatic rings. The Balaban J connectivity index is 2.61. The third-order valence-electron chi connectivity index (χ3n) is 3.26. The van der Waals surface area contributed by atoms with Crippen molar-refractivity contribution in [1.82, 2.24) is 5.32 Å². The first-order valence-corrected chi connectivity index (χ1v) is 9.49. The van der Waals surface area contributed by atoms with Gasteiger partial charge in [0, 0.05) is 37.2 Å². The number of benzene rings is 1. The predicted octanol–water partition coefficient (Wildman–Crippen LogP) is 2.48. The third-order valence-corrected chi connectivity index (χ3v) is 4.53. The molecule has 0 saturated carbocycles. The molecule has 1 N–H and O–H groups in total. The molecule has 0 fully saturated rings. The van der Waals surface area contributed by atoms with Gasteiger partial charge in [0.25, 0.3) is 0 Å². The molecule has 0 spiro atoms. The molecule has 0 aliphatic heterocycles. The number of sulfone groups is 1. The second-order valence-corrected chi connectivity index (χ2v) is 7.92. The number of nitrogens with one attached hydrogen (secondary N) is 1. The summed E-state index contributed by atoms with van der Waals surface area (Å²) in [7, 11) is -1.24. The lowest BCUT2D eigenvalue weighted by Gasteiger charge is -2.18. The molecule has 1 aromatic carbocycles. The number of ether oxygens (including phenoxy) is 1. The van der Waals surface area contributed by atoms with Gasteiger partial charge in [0.1, 0.15) is 9.84 Å². The van der Waals surface area contributed by atoms with Crippen LogP contribution in [-0.2, 0) is 14.6 Å². The van der Waals surface area contributed by atoms with Crippen molar-refractivity contribution in [2.75, 3.05) is 38.8 Å². The fraction of sp³-hybridized carbons (Fsp3) is 0.600. The summed E-state index contributed by atoms with van der Waals surface area (Å²) < 4.78 is 27.5. The van der Waals surface area contributed by atoms with E-state index in [2.05, 4.69) is 5.32 Å². The minimum Gasteiger partial charge on any atom is -0.383 e. The van der Waals surface area contributed by atoms with Gasteiger partial charge in [-0.15, -0.1) is 0 Å². The van der Waals surface area contributed by atoms with Gasteiger partial charge in [-0.3, -0.25) is 0 Å². The van der Waals surface area contributed by atoms with E-state index in [-0.39, 0.29) is 11.7 Å². The lowest BCUT2D eigenvalue weighted by atomic mass is 9.94. The summed E-state index contributed by atoms with van der Waals surface area (Å²) in [6.45, 7) is 2.22. The van der Waals surface area contributed by atoms with Crippen molar-refractivity contribution in [3.8, 4) is 0 Å². The third kappa shape index (κ3) is 8.41. The van der Waals surface area contributed by atoms with E-state index >= 15 is 0 Å². The number of halogens is 1. The van der Waals surface area contributed by atoms with E-state index in [1.807, 2.05) is 24.3 Å². The van der Waals surface area contributed by atoms with Gasteiger partial charge >= 0.3 is 0 Å². The Hall–Kier alpha value is -0.620. The largest absolute Gasteiger partial charge is 0.383 e. The van der Waals surface area contributed by atoms with E-state index in [9.17, 15) is 8.42 Å². The molecule has 1 atom stereocenters. The van der Waals surface area contributed by atoms with Crippen molar-refractivity contribution in [3.63, 3.8) is 0 Å². The Morgan fingerprint density at radius 3 is 2.76 bits per heavy atom.